The molecule has 2 heterocycles. The quantitative estimate of drug-likeness (QED) is 0.745. The zero-order valence-corrected chi connectivity index (χ0v) is 15.1. The number of hydrogen-bond acceptors (Lipinski definition) is 5. The highest BCUT2D eigenvalue weighted by molar-refractivity contribution is 5.94. The Morgan fingerprint density at radius 3 is 3.00 bits per heavy atom. The van der Waals surface area contributed by atoms with Crippen molar-refractivity contribution in [1.82, 2.24) is 15.6 Å². The number of hydrogen-bond donors (Lipinski definition) is 2. The summed E-state index contributed by atoms with van der Waals surface area (Å²) in [7, 11) is 1.66. The Balaban J connectivity index is 1.64. The number of nitrogens with zero attached hydrogens (tertiary/aromatic N) is 2. The van der Waals surface area contributed by atoms with Gasteiger partial charge in [0.1, 0.15) is 5.82 Å². The van der Waals surface area contributed by atoms with E-state index >= 15 is 0 Å². The van der Waals surface area contributed by atoms with Crippen LogP contribution in [0.4, 0.5) is 5.82 Å². The number of aromatic nitrogens is 1. The van der Waals surface area contributed by atoms with Crippen LogP contribution in [-0.4, -0.2) is 50.8 Å². The van der Waals surface area contributed by atoms with Gasteiger partial charge in [0.25, 0.3) is 5.91 Å². The second-order valence-electron chi connectivity index (χ2n) is 6.37. The summed E-state index contributed by atoms with van der Waals surface area (Å²) in [6.45, 7) is 3.83. The van der Waals surface area contributed by atoms with Crippen LogP contribution in [0.25, 0.3) is 0 Å². The molecular formula is C20H26N4O2. The maximum Gasteiger partial charge on any atom is 0.251 e. The molecule has 0 spiro atoms. The zero-order valence-electron chi connectivity index (χ0n) is 15.1. The van der Waals surface area contributed by atoms with E-state index in [0.29, 0.717) is 18.7 Å². The number of benzene rings is 1. The van der Waals surface area contributed by atoms with Crippen LogP contribution < -0.4 is 15.5 Å². The lowest BCUT2D eigenvalue weighted by Gasteiger charge is -2.34. The fourth-order valence-electron chi connectivity index (χ4n) is 3.12. The Labute approximate surface area is 154 Å². The molecule has 0 radical (unpaired) electrons. The van der Waals surface area contributed by atoms with Crippen molar-refractivity contribution >= 4 is 11.7 Å². The van der Waals surface area contributed by atoms with E-state index < -0.39 is 0 Å². The first-order valence-corrected chi connectivity index (χ1v) is 9.04. The van der Waals surface area contributed by atoms with Crippen molar-refractivity contribution in [3.63, 3.8) is 0 Å². The molecule has 1 atom stereocenters. The number of nitrogens with one attached hydrogen (secondary N) is 2. The summed E-state index contributed by atoms with van der Waals surface area (Å²) in [5.41, 5.74) is 1.91. The smallest absolute Gasteiger partial charge is 0.251 e. The second-order valence-corrected chi connectivity index (χ2v) is 6.37. The average molecular weight is 354 g/mol. The molecule has 1 aromatic carbocycles. The van der Waals surface area contributed by atoms with E-state index in [1.54, 1.807) is 19.4 Å². The van der Waals surface area contributed by atoms with Crippen molar-refractivity contribution < 1.29 is 9.53 Å². The van der Waals surface area contributed by atoms with Crippen LogP contribution in [0.15, 0.2) is 48.7 Å². The Morgan fingerprint density at radius 2 is 2.19 bits per heavy atom. The molecule has 1 aromatic heterocycles. The minimum Gasteiger partial charge on any atom is -0.385 e. The maximum atomic E-state index is 12.3. The Kier molecular flexibility index (Phi) is 6.57. The summed E-state index contributed by atoms with van der Waals surface area (Å²) in [5, 5.41) is 6.47. The number of carbonyl (C=O) groups excluding carboxylic acids is 1. The SMILES string of the molecule is COCCCNC(=O)c1ccnc(N2CCN[C@H](c3ccccc3)C2)c1. The third kappa shape index (κ3) is 4.80. The van der Waals surface area contributed by atoms with Crippen molar-refractivity contribution in [1.29, 1.82) is 0 Å². The first kappa shape index (κ1) is 18.4. The minimum absolute atomic E-state index is 0.0699. The van der Waals surface area contributed by atoms with Gasteiger partial charge in [-0.3, -0.25) is 4.79 Å². The van der Waals surface area contributed by atoms with Crippen LogP contribution >= 0.6 is 0 Å². The molecule has 1 fully saturated rings. The third-order valence-electron chi connectivity index (χ3n) is 4.52. The Morgan fingerprint density at radius 1 is 1.35 bits per heavy atom. The summed E-state index contributed by atoms with van der Waals surface area (Å²) in [4.78, 5) is 19.0. The van der Waals surface area contributed by atoms with Gasteiger partial charge in [0, 0.05) is 57.7 Å². The fraction of sp³-hybridized carbons (Fsp3) is 0.400. The normalized spacial score (nSPS) is 17.1. The summed E-state index contributed by atoms with van der Waals surface area (Å²) in [5.74, 6) is 0.775. The van der Waals surface area contributed by atoms with Crippen LogP contribution in [0, 0.1) is 0 Å². The average Bonchev–Trinajstić information content (AvgIpc) is 2.72. The van der Waals surface area contributed by atoms with Gasteiger partial charge in [-0.1, -0.05) is 30.3 Å². The highest BCUT2D eigenvalue weighted by Crippen LogP contribution is 2.21. The zero-order chi connectivity index (χ0) is 18.2. The van der Waals surface area contributed by atoms with Gasteiger partial charge in [-0.05, 0) is 24.1 Å². The monoisotopic (exact) mass is 354 g/mol. The number of methoxy groups -OCH3 is 1. The van der Waals surface area contributed by atoms with Gasteiger partial charge in [-0.25, -0.2) is 4.98 Å². The van der Waals surface area contributed by atoms with Gasteiger partial charge in [0.15, 0.2) is 0 Å². The molecule has 1 amide bonds. The number of rotatable bonds is 7. The van der Waals surface area contributed by atoms with E-state index in [2.05, 4.69) is 44.8 Å². The molecular weight excluding hydrogens is 328 g/mol. The first-order chi connectivity index (χ1) is 12.8. The number of pyridine rings is 1. The van der Waals surface area contributed by atoms with Crippen LogP contribution in [0.2, 0.25) is 0 Å². The van der Waals surface area contributed by atoms with Crippen molar-refractivity contribution in [2.75, 3.05) is 44.8 Å². The van der Waals surface area contributed by atoms with Gasteiger partial charge < -0.3 is 20.3 Å². The van der Waals surface area contributed by atoms with Gasteiger partial charge >= 0.3 is 0 Å². The minimum atomic E-state index is -0.0699. The van der Waals surface area contributed by atoms with E-state index in [1.807, 2.05) is 12.1 Å². The Hall–Kier alpha value is -2.44. The van der Waals surface area contributed by atoms with Crippen molar-refractivity contribution in [2.24, 2.45) is 0 Å². The molecule has 0 bridgehead atoms. The summed E-state index contributed by atoms with van der Waals surface area (Å²) in [6, 6.07) is 14.3. The van der Waals surface area contributed by atoms with Crippen LogP contribution in [0.1, 0.15) is 28.4 Å². The summed E-state index contributed by atoms with van der Waals surface area (Å²) < 4.78 is 5.00. The molecule has 1 aliphatic rings. The van der Waals surface area contributed by atoms with E-state index in [-0.39, 0.29) is 11.9 Å². The lowest BCUT2D eigenvalue weighted by molar-refractivity contribution is 0.0948. The van der Waals surface area contributed by atoms with Crippen LogP contribution in [0.3, 0.4) is 0 Å². The Bertz CT molecular complexity index is 708. The van der Waals surface area contributed by atoms with Crippen LogP contribution in [0.5, 0.6) is 0 Å². The standard InChI is InChI=1S/C20H26N4O2/c1-26-13-5-9-23-20(25)17-8-10-22-19(14-17)24-12-11-21-18(15-24)16-6-3-2-4-7-16/h2-4,6-8,10,14,18,21H,5,9,11-13,15H2,1H3,(H,23,25)/t18-/m0/s1. The lowest BCUT2D eigenvalue weighted by Crippen LogP contribution is -2.46. The van der Waals surface area contributed by atoms with Crippen molar-refractivity contribution in [3.05, 3.63) is 59.8 Å². The van der Waals surface area contributed by atoms with Gasteiger partial charge in [0.05, 0.1) is 0 Å². The fourth-order valence-corrected chi connectivity index (χ4v) is 3.12. The highest BCUT2D eigenvalue weighted by Gasteiger charge is 2.22. The molecule has 138 valence electrons. The molecule has 0 aliphatic carbocycles. The van der Waals surface area contributed by atoms with Crippen molar-refractivity contribution in [3.8, 4) is 0 Å². The molecule has 0 unspecified atom stereocenters. The molecule has 6 heteroatoms. The number of anilines is 1. The van der Waals surface area contributed by atoms with Gasteiger partial charge in [-0.15, -0.1) is 0 Å². The van der Waals surface area contributed by atoms with E-state index in [9.17, 15) is 4.79 Å². The second kappa shape index (κ2) is 9.31. The largest absolute Gasteiger partial charge is 0.385 e. The van der Waals surface area contributed by atoms with Gasteiger partial charge in [-0.2, -0.15) is 0 Å². The summed E-state index contributed by atoms with van der Waals surface area (Å²) >= 11 is 0. The topological polar surface area (TPSA) is 66.5 Å². The molecule has 3 rings (SSSR count). The molecule has 1 aliphatic heterocycles. The third-order valence-corrected chi connectivity index (χ3v) is 4.52. The predicted molar refractivity (Wildman–Crippen MR) is 102 cm³/mol. The molecule has 0 saturated carbocycles. The molecule has 2 N–H and O–H groups in total. The lowest BCUT2D eigenvalue weighted by atomic mass is 10.0. The number of ether oxygens (including phenoxy) is 1. The molecule has 6 nitrogen and oxygen atoms in total. The van der Waals surface area contributed by atoms with Crippen LogP contribution in [-0.2, 0) is 4.74 Å². The number of piperazine rings is 1. The molecule has 2 aromatic rings. The number of amides is 1. The first-order valence-electron chi connectivity index (χ1n) is 9.04. The van der Waals surface area contributed by atoms with E-state index in [0.717, 1.165) is 31.9 Å². The summed E-state index contributed by atoms with van der Waals surface area (Å²) in [6.07, 6.45) is 2.51. The maximum absolute atomic E-state index is 12.3. The molecule has 1 saturated heterocycles. The highest BCUT2D eigenvalue weighted by atomic mass is 16.5. The van der Waals surface area contributed by atoms with E-state index in [4.69, 9.17) is 4.74 Å². The predicted octanol–water partition coefficient (Wildman–Crippen LogP) is 2.00. The van der Waals surface area contributed by atoms with Gasteiger partial charge in [0.2, 0.25) is 0 Å². The van der Waals surface area contributed by atoms with Crippen molar-refractivity contribution in [2.45, 2.75) is 12.5 Å². The van der Waals surface area contributed by atoms with E-state index in [1.165, 1.54) is 5.56 Å². The molecule has 26 heavy (non-hydrogen) atoms. The number of carbonyl (C=O) groups is 1.